The van der Waals surface area contributed by atoms with Gasteiger partial charge in [-0.1, -0.05) is 79.4 Å². The van der Waals surface area contributed by atoms with Gasteiger partial charge in [0.15, 0.2) is 0 Å². The van der Waals surface area contributed by atoms with Gasteiger partial charge in [0.2, 0.25) is 0 Å². The van der Waals surface area contributed by atoms with Crippen LogP contribution in [0.2, 0.25) is 5.02 Å². The van der Waals surface area contributed by atoms with Crippen molar-refractivity contribution >= 4 is 11.6 Å². The van der Waals surface area contributed by atoms with Crippen LogP contribution in [0.5, 0.6) is 0 Å². The van der Waals surface area contributed by atoms with Crippen molar-refractivity contribution in [3.63, 3.8) is 0 Å². The first-order valence-electron chi connectivity index (χ1n) is 10.7. The van der Waals surface area contributed by atoms with Crippen molar-refractivity contribution < 1.29 is 5.11 Å². The van der Waals surface area contributed by atoms with Crippen LogP contribution in [0.15, 0.2) is 60.7 Å². The summed E-state index contributed by atoms with van der Waals surface area (Å²) in [6.07, 6.45) is 6.33. The molecule has 5 rings (SSSR count). The molecule has 148 valence electrons. The fourth-order valence-corrected chi connectivity index (χ4v) is 5.87. The Labute approximate surface area is 178 Å². The lowest BCUT2D eigenvalue weighted by atomic mass is 9.67. The molecule has 0 aromatic heterocycles. The molecule has 1 saturated carbocycles. The molecule has 1 spiro atoms. The summed E-state index contributed by atoms with van der Waals surface area (Å²) in [5.74, 6) is 0. The molecule has 0 unspecified atom stereocenters. The van der Waals surface area contributed by atoms with Crippen molar-refractivity contribution in [2.75, 3.05) is 0 Å². The van der Waals surface area contributed by atoms with Crippen LogP contribution in [0, 0.1) is 0 Å². The minimum Gasteiger partial charge on any atom is -0.386 e. The first-order chi connectivity index (χ1) is 13.9. The van der Waals surface area contributed by atoms with Crippen molar-refractivity contribution in [2.24, 2.45) is 0 Å². The Balaban J connectivity index is 1.83. The molecular weight excluding hydrogens is 376 g/mol. The van der Waals surface area contributed by atoms with Crippen LogP contribution in [-0.4, -0.2) is 5.11 Å². The van der Waals surface area contributed by atoms with Gasteiger partial charge >= 0.3 is 0 Å². The van der Waals surface area contributed by atoms with E-state index in [1.807, 2.05) is 32.0 Å². The molecule has 0 atom stereocenters. The van der Waals surface area contributed by atoms with E-state index in [0.29, 0.717) is 5.02 Å². The van der Waals surface area contributed by atoms with Crippen LogP contribution in [0.4, 0.5) is 0 Å². The summed E-state index contributed by atoms with van der Waals surface area (Å²) in [4.78, 5) is 0. The third kappa shape index (κ3) is 2.86. The number of halogens is 1. The molecule has 0 aliphatic heterocycles. The van der Waals surface area contributed by atoms with Gasteiger partial charge in [-0.15, -0.1) is 0 Å². The number of fused-ring (bicyclic) bond motifs is 5. The van der Waals surface area contributed by atoms with Gasteiger partial charge in [-0.2, -0.15) is 0 Å². The minimum atomic E-state index is -0.941. The van der Waals surface area contributed by atoms with Gasteiger partial charge in [-0.25, -0.2) is 0 Å². The Morgan fingerprint density at radius 1 is 0.793 bits per heavy atom. The third-order valence-electron chi connectivity index (χ3n) is 6.93. The average molecular weight is 403 g/mol. The second-order valence-corrected chi connectivity index (χ2v) is 9.60. The van der Waals surface area contributed by atoms with Crippen LogP contribution in [0.3, 0.4) is 0 Å². The number of aliphatic hydroxyl groups is 1. The number of benzene rings is 3. The Hall–Kier alpha value is -2.09. The molecule has 1 N–H and O–H groups in total. The van der Waals surface area contributed by atoms with Crippen LogP contribution < -0.4 is 0 Å². The molecule has 0 bridgehead atoms. The second kappa shape index (κ2) is 6.72. The fourth-order valence-electron chi connectivity index (χ4n) is 5.70. The zero-order valence-corrected chi connectivity index (χ0v) is 17.9. The standard InChI is InChI=1S/C27H27ClO/c1-26(2,29)22-14-13-18(28)17-21(22)19-10-8-12-24-25(19)20-9-4-5-11-23(20)27(24)15-6-3-7-16-27/h4-5,8-14,17,29H,3,6-7,15-16H2,1-2H3. The van der Waals surface area contributed by atoms with Crippen LogP contribution in [0.25, 0.3) is 22.3 Å². The second-order valence-electron chi connectivity index (χ2n) is 9.17. The largest absolute Gasteiger partial charge is 0.386 e. The maximum Gasteiger partial charge on any atom is 0.0846 e. The lowest BCUT2D eigenvalue weighted by molar-refractivity contribution is 0.0792. The van der Waals surface area contributed by atoms with Crippen LogP contribution in [0.1, 0.15) is 62.6 Å². The van der Waals surface area contributed by atoms with Gasteiger partial charge in [-0.3, -0.25) is 0 Å². The lowest BCUT2D eigenvalue weighted by Crippen LogP contribution is -2.28. The maximum absolute atomic E-state index is 10.9. The van der Waals surface area contributed by atoms with Crippen LogP contribution in [-0.2, 0) is 11.0 Å². The Bertz CT molecular complexity index is 1080. The van der Waals surface area contributed by atoms with Gasteiger partial charge in [0.25, 0.3) is 0 Å². The quantitative estimate of drug-likeness (QED) is 0.471. The van der Waals surface area contributed by atoms with Gasteiger partial charge in [-0.05, 0) is 77.8 Å². The molecule has 0 radical (unpaired) electrons. The van der Waals surface area contributed by atoms with Crippen molar-refractivity contribution in [3.8, 4) is 22.3 Å². The molecular formula is C27H27ClO. The highest BCUT2D eigenvalue weighted by Crippen LogP contribution is 2.58. The number of hydrogen-bond donors (Lipinski definition) is 1. The molecule has 1 nitrogen and oxygen atoms in total. The SMILES string of the molecule is CC(C)(O)c1ccc(Cl)cc1-c1cccc2c1-c1ccccc1C21CCCCC1. The molecule has 3 aromatic carbocycles. The zero-order valence-electron chi connectivity index (χ0n) is 17.1. The predicted molar refractivity (Wildman–Crippen MR) is 121 cm³/mol. The molecule has 1 fully saturated rings. The molecule has 29 heavy (non-hydrogen) atoms. The zero-order chi connectivity index (χ0) is 20.2. The van der Waals surface area contributed by atoms with E-state index in [9.17, 15) is 5.11 Å². The summed E-state index contributed by atoms with van der Waals surface area (Å²) >= 11 is 6.43. The van der Waals surface area contributed by atoms with E-state index in [1.165, 1.54) is 59.9 Å². The van der Waals surface area contributed by atoms with Crippen molar-refractivity contribution in [1.82, 2.24) is 0 Å². The lowest BCUT2D eigenvalue weighted by Gasteiger charge is -2.36. The first-order valence-corrected chi connectivity index (χ1v) is 11.1. The van der Waals surface area contributed by atoms with E-state index in [4.69, 9.17) is 11.6 Å². The van der Waals surface area contributed by atoms with Crippen molar-refractivity contribution in [3.05, 3.63) is 82.4 Å². The van der Waals surface area contributed by atoms with Gasteiger partial charge in [0.05, 0.1) is 5.60 Å². The molecule has 2 heteroatoms. The normalized spacial score (nSPS) is 17.2. The van der Waals surface area contributed by atoms with E-state index >= 15 is 0 Å². The van der Waals surface area contributed by atoms with Crippen molar-refractivity contribution in [1.29, 1.82) is 0 Å². The maximum atomic E-state index is 10.9. The predicted octanol–water partition coefficient (Wildman–Crippen LogP) is 7.47. The highest BCUT2D eigenvalue weighted by molar-refractivity contribution is 6.31. The van der Waals surface area contributed by atoms with E-state index in [1.54, 1.807) is 0 Å². The minimum absolute atomic E-state index is 0.133. The van der Waals surface area contributed by atoms with Gasteiger partial charge in [0.1, 0.15) is 0 Å². The van der Waals surface area contributed by atoms with E-state index in [-0.39, 0.29) is 5.41 Å². The highest BCUT2D eigenvalue weighted by atomic mass is 35.5. The fraction of sp³-hybridized carbons (Fsp3) is 0.333. The molecule has 3 aromatic rings. The summed E-state index contributed by atoms with van der Waals surface area (Å²) < 4.78 is 0. The smallest absolute Gasteiger partial charge is 0.0846 e. The molecule has 0 heterocycles. The van der Waals surface area contributed by atoms with E-state index in [0.717, 1.165) is 11.1 Å². The van der Waals surface area contributed by atoms with Gasteiger partial charge in [0, 0.05) is 10.4 Å². The molecule has 0 amide bonds. The Kier molecular flexibility index (Phi) is 4.38. The number of hydrogen-bond acceptors (Lipinski definition) is 1. The monoisotopic (exact) mass is 402 g/mol. The summed E-state index contributed by atoms with van der Waals surface area (Å²) in [6.45, 7) is 3.69. The number of rotatable bonds is 2. The highest BCUT2D eigenvalue weighted by Gasteiger charge is 2.44. The van der Waals surface area contributed by atoms with E-state index < -0.39 is 5.60 Å². The average Bonchev–Trinajstić information content (AvgIpc) is 2.98. The summed E-state index contributed by atoms with van der Waals surface area (Å²) in [5.41, 5.74) is 7.93. The third-order valence-corrected chi connectivity index (χ3v) is 7.17. The molecule has 2 aliphatic rings. The first kappa shape index (κ1) is 18.9. The van der Waals surface area contributed by atoms with Crippen LogP contribution >= 0.6 is 11.6 Å². The topological polar surface area (TPSA) is 20.2 Å². The van der Waals surface area contributed by atoms with Crippen molar-refractivity contribution in [2.45, 2.75) is 57.0 Å². The summed E-state index contributed by atoms with van der Waals surface area (Å²) in [7, 11) is 0. The molecule has 0 saturated heterocycles. The van der Waals surface area contributed by atoms with E-state index in [2.05, 4.69) is 42.5 Å². The molecule has 2 aliphatic carbocycles. The van der Waals surface area contributed by atoms with Gasteiger partial charge < -0.3 is 5.11 Å². The summed E-state index contributed by atoms with van der Waals surface area (Å²) in [6, 6.07) is 21.5. The summed E-state index contributed by atoms with van der Waals surface area (Å²) in [5, 5.41) is 11.6. The Morgan fingerprint density at radius 2 is 1.48 bits per heavy atom. The Morgan fingerprint density at radius 3 is 2.24 bits per heavy atom.